The first-order valence-electron chi connectivity index (χ1n) is 8.24. The maximum atomic E-state index is 12.9. The van der Waals surface area contributed by atoms with Gasteiger partial charge in [-0.25, -0.2) is 8.42 Å². The SMILES string of the molecule is COCCNC(=O)c1cc(S(=O)(=O)N(C)Cc2ccccc2)ccc1C. The van der Waals surface area contributed by atoms with Crippen molar-refractivity contribution in [3.63, 3.8) is 0 Å². The predicted molar refractivity (Wildman–Crippen MR) is 100 cm³/mol. The van der Waals surface area contributed by atoms with Crippen molar-refractivity contribution in [3.8, 4) is 0 Å². The van der Waals surface area contributed by atoms with E-state index in [1.807, 2.05) is 30.3 Å². The molecule has 0 saturated heterocycles. The van der Waals surface area contributed by atoms with Crippen molar-refractivity contribution in [2.75, 3.05) is 27.3 Å². The zero-order chi connectivity index (χ0) is 19.2. The maximum absolute atomic E-state index is 12.9. The molecule has 1 N–H and O–H groups in total. The monoisotopic (exact) mass is 376 g/mol. The van der Waals surface area contributed by atoms with Gasteiger partial charge >= 0.3 is 0 Å². The number of carbonyl (C=O) groups is 1. The van der Waals surface area contributed by atoms with Crippen LogP contribution in [0.15, 0.2) is 53.4 Å². The van der Waals surface area contributed by atoms with Crippen molar-refractivity contribution in [1.29, 1.82) is 0 Å². The number of aryl methyl sites for hydroxylation is 1. The van der Waals surface area contributed by atoms with Crippen molar-refractivity contribution < 1.29 is 17.9 Å². The van der Waals surface area contributed by atoms with Crippen molar-refractivity contribution in [1.82, 2.24) is 9.62 Å². The third-order valence-electron chi connectivity index (χ3n) is 4.00. The van der Waals surface area contributed by atoms with Gasteiger partial charge in [0, 0.05) is 32.8 Å². The number of nitrogens with zero attached hydrogens (tertiary/aromatic N) is 1. The molecule has 2 aromatic carbocycles. The first-order chi connectivity index (χ1) is 12.4. The van der Waals surface area contributed by atoms with E-state index >= 15 is 0 Å². The number of ether oxygens (including phenoxy) is 1. The molecule has 0 aliphatic rings. The highest BCUT2D eigenvalue weighted by Gasteiger charge is 2.23. The molecular formula is C19H24N2O4S. The Hall–Kier alpha value is -2.22. The maximum Gasteiger partial charge on any atom is 0.251 e. The van der Waals surface area contributed by atoms with Crippen LogP contribution < -0.4 is 5.32 Å². The molecule has 0 unspecified atom stereocenters. The average molecular weight is 376 g/mol. The second-order valence-electron chi connectivity index (χ2n) is 5.97. The molecule has 1 amide bonds. The number of hydrogen-bond acceptors (Lipinski definition) is 4. The molecule has 0 radical (unpaired) electrons. The number of amides is 1. The molecule has 26 heavy (non-hydrogen) atoms. The van der Waals surface area contributed by atoms with Gasteiger partial charge in [0.2, 0.25) is 10.0 Å². The van der Waals surface area contributed by atoms with Crippen LogP contribution in [0.5, 0.6) is 0 Å². The van der Waals surface area contributed by atoms with Gasteiger partial charge in [0.15, 0.2) is 0 Å². The average Bonchev–Trinajstić information content (AvgIpc) is 2.62. The third-order valence-corrected chi connectivity index (χ3v) is 5.80. The van der Waals surface area contributed by atoms with Gasteiger partial charge in [-0.1, -0.05) is 36.4 Å². The molecule has 2 rings (SSSR count). The number of benzene rings is 2. The molecule has 0 spiro atoms. The Labute approximate surface area is 154 Å². The number of hydrogen-bond donors (Lipinski definition) is 1. The first kappa shape index (κ1) is 20.1. The molecule has 0 aromatic heterocycles. The molecule has 140 valence electrons. The molecule has 0 saturated carbocycles. The van der Waals surface area contributed by atoms with E-state index in [2.05, 4.69) is 5.32 Å². The van der Waals surface area contributed by atoms with Gasteiger partial charge in [-0.2, -0.15) is 4.31 Å². The highest BCUT2D eigenvalue weighted by molar-refractivity contribution is 7.89. The zero-order valence-corrected chi connectivity index (χ0v) is 16.0. The lowest BCUT2D eigenvalue weighted by atomic mass is 10.1. The van der Waals surface area contributed by atoms with Crippen molar-refractivity contribution in [3.05, 3.63) is 65.2 Å². The summed E-state index contributed by atoms with van der Waals surface area (Å²) in [6, 6.07) is 14.0. The molecule has 0 fully saturated rings. The lowest BCUT2D eigenvalue weighted by Gasteiger charge is -2.18. The number of methoxy groups -OCH3 is 1. The smallest absolute Gasteiger partial charge is 0.251 e. The van der Waals surface area contributed by atoms with Crippen LogP contribution in [0.25, 0.3) is 0 Å². The quantitative estimate of drug-likeness (QED) is 0.717. The summed E-state index contributed by atoms with van der Waals surface area (Å²) in [7, 11) is -0.629. The van der Waals surface area contributed by atoms with Gasteiger partial charge in [0.25, 0.3) is 5.91 Å². The summed E-state index contributed by atoms with van der Waals surface area (Å²) in [5.74, 6) is -0.317. The summed E-state index contributed by atoms with van der Waals surface area (Å²) < 4.78 is 31.9. The molecule has 6 nitrogen and oxygen atoms in total. The standard InChI is InChI=1S/C19H24N2O4S/c1-15-9-10-17(13-18(15)19(22)20-11-12-25-3)26(23,24)21(2)14-16-7-5-4-6-8-16/h4-10,13H,11-12,14H2,1-3H3,(H,20,22). The molecule has 0 atom stereocenters. The van der Waals surface area contributed by atoms with E-state index < -0.39 is 10.0 Å². The van der Waals surface area contributed by atoms with Crippen molar-refractivity contribution in [2.24, 2.45) is 0 Å². The van der Waals surface area contributed by atoms with Crippen LogP contribution in [-0.4, -0.2) is 45.9 Å². The van der Waals surface area contributed by atoms with E-state index in [-0.39, 0.29) is 17.3 Å². The van der Waals surface area contributed by atoms with Gasteiger partial charge in [-0.05, 0) is 30.2 Å². The number of rotatable bonds is 8. The van der Waals surface area contributed by atoms with Crippen LogP contribution in [-0.2, 0) is 21.3 Å². The van der Waals surface area contributed by atoms with Gasteiger partial charge in [0.1, 0.15) is 0 Å². The van der Waals surface area contributed by atoms with Crippen LogP contribution in [0.3, 0.4) is 0 Å². The molecule has 2 aromatic rings. The molecule has 0 aliphatic carbocycles. The minimum atomic E-state index is -3.71. The van der Waals surface area contributed by atoms with E-state index in [0.717, 1.165) is 5.56 Å². The summed E-state index contributed by atoms with van der Waals surface area (Å²) in [4.78, 5) is 12.4. The van der Waals surface area contributed by atoms with Gasteiger partial charge < -0.3 is 10.1 Å². The molecule has 7 heteroatoms. The zero-order valence-electron chi connectivity index (χ0n) is 15.2. The van der Waals surface area contributed by atoms with Gasteiger partial charge in [-0.3, -0.25) is 4.79 Å². The second-order valence-corrected chi connectivity index (χ2v) is 8.02. The van der Waals surface area contributed by atoms with E-state index in [9.17, 15) is 13.2 Å². The van der Waals surface area contributed by atoms with Crippen molar-refractivity contribution >= 4 is 15.9 Å². The first-order valence-corrected chi connectivity index (χ1v) is 9.68. The van der Waals surface area contributed by atoms with Gasteiger partial charge in [-0.15, -0.1) is 0 Å². The van der Waals surface area contributed by atoms with Crippen LogP contribution in [0.1, 0.15) is 21.5 Å². The van der Waals surface area contributed by atoms with Crippen LogP contribution in [0.4, 0.5) is 0 Å². The summed E-state index contributed by atoms with van der Waals surface area (Å²) in [5, 5.41) is 2.72. The molecular weight excluding hydrogens is 352 g/mol. The Morgan fingerprint density at radius 1 is 1.15 bits per heavy atom. The lowest BCUT2D eigenvalue weighted by Crippen LogP contribution is -2.29. The lowest BCUT2D eigenvalue weighted by molar-refractivity contribution is 0.0936. The topological polar surface area (TPSA) is 75.7 Å². The van der Waals surface area contributed by atoms with E-state index in [1.54, 1.807) is 20.1 Å². The number of sulfonamides is 1. The Morgan fingerprint density at radius 2 is 1.85 bits per heavy atom. The van der Waals surface area contributed by atoms with E-state index in [0.29, 0.717) is 24.3 Å². The van der Waals surface area contributed by atoms with Crippen molar-refractivity contribution in [2.45, 2.75) is 18.4 Å². The minimum Gasteiger partial charge on any atom is -0.383 e. The number of carbonyl (C=O) groups excluding carboxylic acids is 1. The highest BCUT2D eigenvalue weighted by atomic mass is 32.2. The predicted octanol–water partition coefficient (Wildman–Crippen LogP) is 2.19. The Bertz CT molecular complexity index is 851. The second kappa shape index (κ2) is 8.93. The minimum absolute atomic E-state index is 0.0958. The third kappa shape index (κ3) is 4.91. The van der Waals surface area contributed by atoms with Crippen LogP contribution in [0.2, 0.25) is 0 Å². The normalized spacial score (nSPS) is 11.5. The summed E-state index contributed by atoms with van der Waals surface area (Å²) >= 11 is 0. The molecule has 0 aliphatic heterocycles. The van der Waals surface area contributed by atoms with E-state index in [1.165, 1.54) is 23.5 Å². The Balaban J connectivity index is 2.23. The Kier molecular flexibility index (Phi) is 6.90. The fourth-order valence-corrected chi connectivity index (χ4v) is 3.66. The Morgan fingerprint density at radius 3 is 2.50 bits per heavy atom. The van der Waals surface area contributed by atoms with E-state index in [4.69, 9.17) is 4.74 Å². The molecule has 0 heterocycles. The largest absolute Gasteiger partial charge is 0.383 e. The molecule has 0 bridgehead atoms. The van der Waals surface area contributed by atoms with Crippen LogP contribution in [0, 0.1) is 6.92 Å². The number of nitrogens with one attached hydrogen (secondary N) is 1. The fourth-order valence-electron chi connectivity index (χ4n) is 2.47. The van der Waals surface area contributed by atoms with Crippen LogP contribution >= 0.6 is 0 Å². The summed E-state index contributed by atoms with van der Waals surface area (Å²) in [5.41, 5.74) is 1.95. The fraction of sp³-hybridized carbons (Fsp3) is 0.316. The highest BCUT2D eigenvalue weighted by Crippen LogP contribution is 2.20. The summed E-state index contributed by atoms with van der Waals surface area (Å²) in [6.07, 6.45) is 0. The van der Waals surface area contributed by atoms with Gasteiger partial charge in [0.05, 0.1) is 11.5 Å². The summed E-state index contributed by atoms with van der Waals surface area (Å²) in [6.45, 7) is 2.78.